The Balaban J connectivity index is 3.40. The van der Waals surface area contributed by atoms with Crippen LogP contribution in [0, 0.1) is 0 Å². The average molecular weight is 218 g/mol. The van der Waals surface area contributed by atoms with Crippen molar-refractivity contribution in [2.75, 3.05) is 41.4 Å². The highest BCUT2D eigenvalue weighted by molar-refractivity contribution is 5.67. The van der Waals surface area contributed by atoms with Gasteiger partial charge in [-0.3, -0.25) is 0 Å². The van der Waals surface area contributed by atoms with E-state index in [2.05, 4.69) is 0 Å². The molecular weight excluding hydrogens is 200 g/mol. The molecule has 0 fully saturated rings. The van der Waals surface area contributed by atoms with Crippen LogP contribution in [0.5, 0.6) is 0 Å². The predicted octanol–water partition coefficient (Wildman–Crippen LogP) is 0.773. The summed E-state index contributed by atoms with van der Waals surface area (Å²) in [5.41, 5.74) is 0. The lowest BCUT2D eigenvalue weighted by molar-refractivity contribution is 0.0930. The van der Waals surface area contributed by atoms with E-state index in [1.807, 2.05) is 0 Å². The molecule has 0 unspecified atom stereocenters. The lowest BCUT2D eigenvalue weighted by Crippen LogP contribution is -2.25. The van der Waals surface area contributed by atoms with Gasteiger partial charge < -0.3 is 19.3 Å². The topological polar surface area (TPSA) is 59.1 Å². The molecule has 0 heterocycles. The van der Waals surface area contributed by atoms with Crippen molar-refractivity contribution in [3.63, 3.8) is 0 Å². The maximum absolute atomic E-state index is 10.9. The Hall–Kier alpha value is -1.46. The molecular formula is C9H18N2O4. The Kier molecular flexibility index (Phi) is 6.24. The fourth-order valence-corrected chi connectivity index (χ4v) is 0.636. The van der Waals surface area contributed by atoms with E-state index in [9.17, 15) is 9.59 Å². The fraction of sp³-hybridized carbons (Fsp3) is 0.778. The monoisotopic (exact) mass is 218 g/mol. The van der Waals surface area contributed by atoms with Crippen LogP contribution in [0.25, 0.3) is 0 Å². The lowest BCUT2D eigenvalue weighted by Gasteiger charge is -2.12. The van der Waals surface area contributed by atoms with Crippen molar-refractivity contribution in [2.45, 2.75) is 6.42 Å². The van der Waals surface area contributed by atoms with E-state index < -0.39 is 12.2 Å². The standard InChI is InChI=1S/C9H18N2O4/c1-10(2)8(12)14-6-5-7-15-9(13)11(3)4/h5-7H2,1-4H3. The molecule has 0 saturated carbocycles. The first-order valence-electron chi connectivity index (χ1n) is 4.63. The highest BCUT2D eigenvalue weighted by Crippen LogP contribution is 1.92. The normalized spacial score (nSPS) is 9.33. The number of hydrogen-bond acceptors (Lipinski definition) is 4. The summed E-state index contributed by atoms with van der Waals surface area (Å²) in [6.45, 7) is 0.495. The number of carbonyl (C=O) groups excluding carboxylic acids is 2. The van der Waals surface area contributed by atoms with Gasteiger partial charge in [-0.15, -0.1) is 0 Å². The summed E-state index contributed by atoms with van der Waals surface area (Å²) >= 11 is 0. The Morgan fingerprint density at radius 1 is 0.867 bits per heavy atom. The van der Waals surface area contributed by atoms with Crippen molar-refractivity contribution in [2.24, 2.45) is 0 Å². The highest BCUT2D eigenvalue weighted by Gasteiger charge is 2.05. The predicted molar refractivity (Wildman–Crippen MR) is 54.7 cm³/mol. The molecule has 0 aromatic carbocycles. The van der Waals surface area contributed by atoms with E-state index >= 15 is 0 Å². The third kappa shape index (κ3) is 6.59. The number of nitrogens with zero attached hydrogens (tertiary/aromatic N) is 2. The zero-order valence-corrected chi connectivity index (χ0v) is 9.65. The number of hydrogen-bond donors (Lipinski definition) is 0. The first kappa shape index (κ1) is 13.5. The maximum Gasteiger partial charge on any atom is 0.409 e. The van der Waals surface area contributed by atoms with E-state index in [0.717, 1.165) is 0 Å². The van der Waals surface area contributed by atoms with Crippen LogP contribution >= 0.6 is 0 Å². The van der Waals surface area contributed by atoms with E-state index in [4.69, 9.17) is 9.47 Å². The van der Waals surface area contributed by atoms with Gasteiger partial charge in [0, 0.05) is 34.6 Å². The molecule has 6 nitrogen and oxygen atoms in total. The summed E-state index contributed by atoms with van der Waals surface area (Å²) in [5, 5.41) is 0. The van der Waals surface area contributed by atoms with Gasteiger partial charge in [0.05, 0.1) is 13.2 Å². The van der Waals surface area contributed by atoms with Crippen molar-refractivity contribution in [1.82, 2.24) is 9.80 Å². The molecule has 0 N–H and O–H groups in total. The molecule has 15 heavy (non-hydrogen) atoms. The van der Waals surface area contributed by atoms with Gasteiger partial charge in [-0.1, -0.05) is 0 Å². The van der Waals surface area contributed by atoms with E-state index in [1.165, 1.54) is 9.80 Å². The van der Waals surface area contributed by atoms with Gasteiger partial charge in [0.1, 0.15) is 0 Å². The number of rotatable bonds is 4. The summed E-state index contributed by atoms with van der Waals surface area (Å²) in [7, 11) is 6.42. The second-order valence-electron chi connectivity index (χ2n) is 3.37. The summed E-state index contributed by atoms with van der Waals surface area (Å²) in [6.07, 6.45) is -0.290. The summed E-state index contributed by atoms with van der Waals surface area (Å²) in [5.74, 6) is 0. The van der Waals surface area contributed by atoms with Gasteiger partial charge >= 0.3 is 12.2 Å². The number of amides is 2. The van der Waals surface area contributed by atoms with Gasteiger partial charge in [-0.2, -0.15) is 0 Å². The Morgan fingerprint density at radius 2 is 1.20 bits per heavy atom. The van der Waals surface area contributed by atoms with Crippen LogP contribution in [0.15, 0.2) is 0 Å². The van der Waals surface area contributed by atoms with E-state index in [-0.39, 0.29) is 13.2 Å². The molecule has 0 bridgehead atoms. The zero-order chi connectivity index (χ0) is 11.8. The lowest BCUT2D eigenvalue weighted by atomic mass is 10.5. The van der Waals surface area contributed by atoms with Crippen molar-refractivity contribution in [3.05, 3.63) is 0 Å². The molecule has 0 saturated heterocycles. The zero-order valence-electron chi connectivity index (χ0n) is 9.65. The molecule has 0 aromatic heterocycles. The van der Waals surface area contributed by atoms with Crippen LogP contribution in [0.3, 0.4) is 0 Å². The highest BCUT2D eigenvalue weighted by atomic mass is 16.6. The molecule has 0 rings (SSSR count). The molecule has 2 amide bonds. The minimum absolute atomic E-state index is 0.248. The first-order valence-corrected chi connectivity index (χ1v) is 4.63. The van der Waals surface area contributed by atoms with E-state index in [0.29, 0.717) is 6.42 Å². The second kappa shape index (κ2) is 6.92. The Labute approximate surface area is 89.7 Å². The molecule has 0 aliphatic rings. The number of carbonyl (C=O) groups is 2. The minimum atomic E-state index is -0.395. The fourth-order valence-electron chi connectivity index (χ4n) is 0.636. The Morgan fingerprint density at radius 3 is 1.47 bits per heavy atom. The third-order valence-electron chi connectivity index (χ3n) is 1.47. The summed E-state index contributed by atoms with van der Waals surface area (Å²) in [4.78, 5) is 24.5. The van der Waals surface area contributed by atoms with Crippen molar-refractivity contribution >= 4 is 12.2 Å². The molecule has 0 aromatic rings. The van der Waals surface area contributed by atoms with Crippen molar-refractivity contribution in [3.8, 4) is 0 Å². The molecule has 0 aliphatic heterocycles. The first-order chi connectivity index (χ1) is 6.95. The smallest absolute Gasteiger partial charge is 0.409 e. The molecule has 0 radical (unpaired) electrons. The number of ether oxygens (including phenoxy) is 2. The van der Waals surface area contributed by atoms with Crippen LogP contribution in [-0.4, -0.2) is 63.4 Å². The van der Waals surface area contributed by atoms with Gasteiger partial charge in [-0.05, 0) is 0 Å². The average Bonchev–Trinajstić information content (AvgIpc) is 2.16. The van der Waals surface area contributed by atoms with Gasteiger partial charge in [0.2, 0.25) is 0 Å². The van der Waals surface area contributed by atoms with Crippen LogP contribution in [0.4, 0.5) is 9.59 Å². The van der Waals surface area contributed by atoms with Gasteiger partial charge in [-0.25, -0.2) is 9.59 Å². The Bertz CT molecular complexity index is 194. The largest absolute Gasteiger partial charge is 0.449 e. The minimum Gasteiger partial charge on any atom is -0.449 e. The molecule has 0 spiro atoms. The van der Waals surface area contributed by atoms with Crippen molar-refractivity contribution < 1.29 is 19.1 Å². The van der Waals surface area contributed by atoms with Gasteiger partial charge in [0.15, 0.2) is 0 Å². The van der Waals surface area contributed by atoms with Crippen LogP contribution in [0.2, 0.25) is 0 Å². The molecule has 6 heteroatoms. The third-order valence-corrected chi connectivity index (χ3v) is 1.47. The maximum atomic E-state index is 10.9. The second-order valence-corrected chi connectivity index (χ2v) is 3.37. The van der Waals surface area contributed by atoms with Crippen LogP contribution < -0.4 is 0 Å². The van der Waals surface area contributed by atoms with Crippen LogP contribution in [0.1, 0.15) is 6.42 Å². The van der Waals surface area contributed by atoms with E-state index in [1.54, 1.807) is 28.2 Å². The SMILES string of the molecule is CN(C)C(=O)OCCCOC(=O)N(C)C. The molecule has 0 aliphatic carbocycles. The molecule has 88 valence electrons. The van der Waals surface area contributed by atoms with Crippen LogP contribution in [-0.2, 0) is 9.47 Å². The van der Waals surface area contributed by atoms with Gasteiger partial charge in [0.25, 0.3) is 0 Å². The van der Waals surface area contributed by atoms with Crippen molar-refractivity contribution in [1.29, 1.82) is 0 Å². The molecule has 0 atom stereocenters. The summed E-state index contributed by atoms with van der Waals surface area (Å²) in [6, 6.07) is 0. The quantitative estimate of drug-likeness (QED) is 0.654. The summed E-state index contributed by atoms with van der Waals surface area (Å²) < 4.78 is 9.66.